The van der Waals surface area contributed by atoms with Crippen molar-refractivity contribution in [2.75, 3.05) is 5.43 Å². The molecule has 3 aromatic carbocycles. The zero-order chi connectivity index (χ0) is 18.6. The van der Waals surface area contributed by atoms with E-state index in [2.05, 4.69) is 26.6 Å². The van der Waals surface area contributed by atoms with Crippen LogP contribution < -0.4 is 5.43 Å². The Hall–Kier alpha value is -3.60. The Morgan fingerprint density at radius 2 is 1.70 bits per heavy atom. The molecule has 0 spiro atoms. The minimum absolute atomic E-state index is 0.331. The number of fused-ring (bicyclic) bond motifs is 1. The summed E-state index contributed by atoms with van der Waals surface area (Å²) in [5, 5.41) is 5.07. The average molecular weight is 356 g/mol. The summed E-state index contributed by atoms with van der Waals surface area (Å²) < 4.78 is 13.7. The molecule has 4 aromatic rings. The smallest absolute Gasteiger partial charge is 0.244 e. The highest BCUT2D eigenvalue weighted by molar-refractivity contribution is 5.93. The molecule has 0 saturated heterocycles. The summed E-state index contributed by atoms with van der Waals surface area (Å²) >= 11 is 0. The molecule has 27 heavy (non-hydrogen) atoms. The minimum Gasteiger partial charge on any atom is -0.245 e. The van der Waals surface area contributed by atoms with E-state index in [9.17, 15) is 4.39 Å². The van der Waals surface area contributed by atoms with Gasteiger partial charge >= 0.3 is 0 Å². The molecule has 1 N–H and O–H groups in total. The van der Waals surface area contributed by atoms with Crippen molar-refractivity contribution in [1.82, 2.24) is 9.97 Å². The predicted octanol–water partition coefficient (Wildman–Crippen LogP) is 5.19. The molecule has 0 aliphatic rings. The number of nitrogens with zero attached hydrogens (tertiary/aromatic N) is 3. The van der Waals surface area contributed by atoms with Crippen molar-refractivity contribution in [1.29, 1.82) is 0 Å². The largest absolute Gasteiger partial charge is 0.245 e. The van der Waals surface area contributed by atoms with Crippen LogP contribution in [0.1, 0.15) is 11.1 Å². The van der Waals surface area contributed by atoms with Crippen LogP contribution in [0.2, 0.25) is 0 Å². The molecule has 0 aliphatic heterocycles. The van der Waals surface area contributed by atoms with Gasteiger partial charge in [-0.1, -0.05) is 60.2 Å². The van der Waals surface area contributed by atoms with Gasteiger partial charge in [0.05, 0.1) is 17.4 Å². The Labute approximate surface area is 156 Å². The van der Waals surface area contributed by atoms with Gasteiger partial charge in [0.25, 0.3) is 0 Å². The number of nitrogens with one attached hydrogen (secondary N) is 1. The molecule has 4 nitrogen and oxygen atoms in total. The van der Waals surface area contributed by atoms with Gasteiger partial charge in [0.15, 0.2) is 0 Å². The molecule has 0 saturated carbocycles. The van der Waals surface area contributed by atoms with Gasteiger partial charge < -0.3 is 0 Å². The van der Waals surface area contributed by atoms with Crippen LogP contribution in [-0.2, 0) is 0 Å². The zero-order valence-corrected chi connectivity index (χ0v) is 14.7. The Morgan fingerprint density at radius 3 is 2.52 bits per heavy atom. The SMILES string of the molecule is Cc1ccc2nc(N/N=C/c3ccccc3F)nc(-c3ccccc3)c2c1. The van der Waals surface area contributed by atoms with Gasteiger partial charge in [-0.25, -0.2) is 19.8 Å². The number of hydrogen-bond donors (Lipinski definition) is 1. The van der Waals surface area contributed by atoms with Gasteiger partial charge in [-0.05, 0) is 25.1 Å². The summed E-state index contributed by atoms with van der Waals surface area (Å²) in [6.07, 6.45) is 1.42. The molecule has 0 amide bonds. The van der Waals surface area contributed by atoms with Crippen LogP contribution >= 0.6 is 0 Å². The van der Waals surface area contributed by atoms with E-state index in [4.69, 9.17) is 0 Å². The van der Waals surface area contributed by atoms with Gasteiger partial charge in [-0.3, -0.25) is 0 Å². The van der Waals surface area contributed by atoms with Crippen molar-refractivity contribution in [3.63, 3.8) is 0 Å². The summed E-state index contributed by atoms with van der Waals surface area (Å²) in [5.41, 5.74) is 6.99. The third-order valence-electron chi connectivity index (χ3n) is 4.17. The maximum Gasteiger partial charge on any atom is 0.244 e. The Balaban J connectivity index is 1.74. The van der Waals surface area contributed by atoms with Crippen molar-refractivity contribution < 1.29 is 4.39 Å². The van der Waals surface area contributed by atoms with Crippen LogP contribution in [0.25, 0.3) is 22.2 Å². The fourth-order valence-corrected chi connectivity index (χ4v) is 2.85. The summed E-state index contributed by atoms with van der Waals surface area (Å²) in [7, 11) is 0. The van der Waals surface area contributed by atoms with Crippen molar-refractivity contribution in [2.45, 2.75) is 6.92 Å². The summed E-state index contributed by atoms with van der Waals surface area (Å²) in [6, 6.07) is 22.4. The predicted molar refractivity (Wildman–Crippen MR) is 107 cm³/mol. The maximum absolute atomic E-state index is 13.7. The monoisotopic (exact) mass is 356 g/mol. The van der Waals surface area contributed by atoms with Crippen molar-refractivity contribution in [3.8, 4) is 11.3 Å². The minimum atomic E-state index is -0.331. The maximum atomic E-state index is 13.7. The lowest BCUT2D eigenvalue weighted by Gasteiger charge is -2.09. The van der Waals surface area contributed by atoms with E-state index in [-0.39, 0.29) is 5.82 Å². The fourth-order valence-electron chi connectivity index (χ4n) is 2.85. The molecular formula is C22H17FN4. The van der Waals surface area contributed by atoms with Gasteiger partial charge in [0.2, 0.25) is 5.95 Å². The Bertz CT molecular complexity index is 1120. The van der Waals surface area contributed by atoms with Gasteiger partial charge in [-0.15, -0.1) is 0 Å². The number of halogens is 1. The standard InChI is InChI=1S/C22H17FN4/c1-15-11-12-20-18(13-15)21(16-7-3-2-4-8-16)26-22(25-20)27-24-14-17-9-5-6-10-19(17)23/h2-14H,1H3,(H,25,26,27)/b24-14+. The summed E-state index contributed by atoms with van der Waals surface area (Å²) in [4.78, 5) is 9.16. The third-order valence-corrected chi connectivity index (χ3v) is 4.17. The quantitative estimate of drug-likeness (QED) is 0.404. The number of aromatic nitrogens is 2. The van der Waals surface area contributed by atoms with Crippen LogP contribution in [0.3, 0.4) is 0 Å². The van der Waals surface area contributed by atoms with Crippen molar-refractivity contribution >= 4 is 23.1 Å². The lowest BCUT2D eigenvalue weighted by Crippen LogP contribution is -2.00. The highest BCUT2D eigenvalue weighted by atomic mass is 19.1. The summed E-state index contributed by atoms with van der Waals surface area (Å²) in [5.74, 6) is 0.0284. The van der Waals surface area contributed by atoms with Gasteiger partial charge in [-0.2, -0.15) is 5.10 Å². The van der Waals surface area contributed by atoms with Crippen LogP contribution in [0, 0.1) is 12.7 Å². The first-order chi connectivity index (χ1) is 13.2. The first-order valence-corrected chi connectivity index (χ1v) is 8.58. The Kier molecular flexibility index (Phi) is 4.58. The molecule has 0 bridgehead atoms. The second-order valence-electron chi connectivity index (χ2n) is 6.17. The normalized spacial score (nSPS) is 11.2. The number of benzene rings is 3. The van der Waals surface area contributed by atoms with Gasteiger partial charge in [0.1, 0.15) is 5.82 Å². The molecule has 0 fully saturated rings. The average Bonchev–Trinajstić information content (AvgIpc) is 2.70. The number of anilines is 1. The highest BCUT2D eigenvalue weighted by Gasteiger charge is 2.10. The van der Waals surface area contributed by atoms with Crippen molar-refractivity contribution in [2.24, 2.45) is 5.10 Å². The van der Waals surface area contributed by atoms with E-state index < -0.39 is 0 Å². The second-order valence-corrected chi connectivity index (χ2v) is 6.17. The first-order valence-electron chi connectivity index (χ1n) is 8.58. The van der Waals surface area contributed by atoms with Crippen LogP contribution in [0.4, 0.5) is 10.3 Å². The van der Waals surface area contributed by atoms with E-state index >= 15 is 0 Å². The number of hydrazone groups is 1. The number of aryl methyl sites for hydroxylation is 1. The molecule has 0 atom stereocenters. The number of rotatable bonds is 4. The van der Waals surface area contributed by atoms with E-state index in [0.717, 1.165) is 27.7 Å². The van der Waals surface area contributed by atoms with E-state index in [0.29, 0.717) is 11.5 Å². The van der Waals surface area contributed by atoms with Crippen LogP contribution in [0.15, 0.2) is 77.9 Å². The van der Waals surface area contributed by atoms with Crippen LogP contribution in [0.5, 0.6) is 0 Å². The molecule has 0 unspecified atom stereocenters. The van der Waals surface area contributed by atoms with E-state index in [1.165, 1.54) is 12.3 Å². The van der Waals surface area contributed by atoms with Crippen LogP contribution in [-0.4, -0.2) is 16.2 Å². The lowest BCUT2D eigenvalue weighted by molar-refractivity contribution is 0.626. The molecule has 0 aliphatic carbocycles. The highest BCUT2D eigenvalue weighted by Crippen LogP contribution is 2.28. The molecule has 1 aromatic heterocycles. The molecule has 4 rings (SSSR count). The first kappa shape index (κ1) is 16.8. The Morgan fingerprint density at radius 1 is 0.926 bits per heavy atom. The molecular weight excluding hydrogens is 339 g/mol. The lowest BCUT2D eigenvalue weighted by atomic mass is 10.0. The molecule has 132 valence electrons. The van der Waals surface area contributed by atoms with Gasteiger partial charge in [0, 0.05) is 16.5 Å². The van der Waals surface area contributed by atoms with Crippen molar-refractivity contribution in [3.05, 3.63) is 89.7 Å². The topological polar surface area (TPSA) is 50.2 Å². The fraction of sp³-hybridized carbons (Fsp3) is 0.0455. The third kappa shape index (κ3) is 3.67. The summed E-state index contributed by atoms with van der Waals surface area (Å²) in [6.45, 7) is 2.04. The molecule has 0 radical (unpaired) electrons. The van der Waals surface area contributed by atoms with E-state index in [1.807, 2.05) is 49.4 Å². The molecule has 5 heteroatoms. The molecule has 1 heterocycles. The number of hydrogen-bond acceptors (Lipinski definition) is 4. The second kappa shape index (κ2) is 7.33. The zero-order valence-electron chi connectivity index (χ0n) is 14.7. The van der Waals surface area contributed by atoms with E-state index in [1.54, 1.807) is 18.2 Å².